The van der Waals surface area contributed by atoms with Gasteiger partial charge in [-0.25, -0.2) is 8.78 Å². The lowest BCUT2D eigenvalue weighted by Gasteiger charge is -2.31. The average Bonchev–Trinajstić information content (AvgIpc) is 3.09. The Balaban J connectivity index is 1.61. The highest BCUT2D eigenvalue weighted by molar-refractivity contribution is 6.00. The van der Waals surface area contributed by atoms with Gasteiger partial charge in [0.2, 0.25) is 5.91 Å². The van der Waals surface area contributed by atoms with Gasteiger partial charge >= 0.3 is 0 Å². The van der Waals surface area contributed by atoms with E-state index in [4.69, 9.17) is 0 Å². The van der Waals surface area contributed by atoms with Gasteiger partial charge < -0.3 is 10.6 Å². The molecule has 2 N–H and O–H groups in total. The van der Waals surface area contributed by atoms with Gasteiger partial charge in [0, 0.05) is 50.6 Å². The number of likely N-dealkylation sites (tertiary alicyclic amines) is 1. The molecule has 30 heavy (non-hydrogen) atoms. The third kappa shape index (κ3) is 5.41. The molecule has 0 saturated carbocycles. The Morgan fingerprint density at radius 3 is 2.63 bits per heavy atom. The molecule has 2 aromatic rings. The fourth-order valence-electron chi connectivity index (χ4n) is 3.56. The van der Waals surface area contributed by atoms with Crippen LogP contribution in [-0.2, 0) is 11.8 Å². The van der Waals surface area contributed by atoms with Crippen LogP contribution in [0.3, 0.4) is 0 Å². The van der Waals surface area contributed by atoms with Crippen molar-refractivity contribution in [1.82, 2.24) is 25.3 Å². The molecule has 162 valence electrons. The molecule has 7 nitrogen and oxygen atoms in total. The number of aromatic nitrogens is 2. The highest BCUT2D eigenvalue weighted by atomic mass is 19.1. The maximum absolute atomic E-state index is 14.2. The predicted molar refractivity (Wildman–Crippen MR) is 109 cm³/mol. The van der Waals surface area contributed by atoms with E-state index < -0.39 is 11.6 Å². The van der Waals surface area contributed by atoms with E-state index in [2.05, 4.69) is 20.6 Å². The molecule has 1 aromatic carbocycles. The molecule has 0 spiro atoms. The number of hydrogen-bond donors (Lipinski definition) is 2. The van der Waals surface area contributed by atoms with Crippen LogP contribution in [0.2, 0.25) is 0 Å². The number of carbonyl (C=O) groups excluding carboxylic acids is 2. The van der Waals surface area contributed by atoms with Crippen LogP contribution in [0.4, 0.5) is 8.78 Å². The van der Waals surface area contributed by atoms with Crippen LogP contribution in [0, 0.1) is 11.6 Å². The molecule has 0 unspecified atom stereocenters. The molecule has 1 aliphatic rings. The zero-order valence-corrected chi connectivity index (χ0v) is 17.3. The van der Waals surface area contributed by atoms with E-state index in [1.807, 2.05) is 6.92 Å². The smallest absolute Gasteiger partial charge is 0.255 e. The summed E-state index contributed by atoms with van der Waals surface area (Å²) in [7, 11) is 1.64. The molecular weight excluding hydrogens is 392 g/mol. The summed E-state index contributed by atoms with van der Waals surface area (Å²) in [5, 5.41) is 10.0. The average molecular weight is 419 g/mol. The van der Waals surface area contributed by atoms with Gasteiger partial charge in [0.05, 0.1) is 12.1 Å². The molecule has 2 amide bonds. The van der Waals surface area contributed by atoms with Crippen LogP contribution in [0.1, 0.15) is 36.5 Å². The molecule has 0 aliphatic carbocycles. The summed E-state index contributed by atoms with van der Waals surface area (Å²) in [6, 6.07) is 3.16. The maximum Gasteiger partial charge on any atom is 0.255 e. The van der Waals surface area contributed by atoms with Gasteiger partial charge in [-0.05, 0) is 31.4 Å². The number of benzene rings is 1. The predicted octanol–water partition coefficient (Wildman–Crippen LogP) is 2.09. The number of nitrogens with zero attached hydrogens (tertiary/aromatic N) is 3. The van der Waals surface area contributed by atoms with Crippen LogP contribution < -0.4 is 10.6 Å². The molecule has 0 atom stereocenters. The van der Waals surface area contributed by atoms with E-state index in [1.165, 1.54) is 16.9 Å². The van der Waals surface area contributed by atoms with Crippen molar-refractivity contribution in [3.05, 3.63) is 41.6 Å². The number of hydrogen-bond acceptors (Lipinski definition) is 4. The standard InChI is InChI=1S/C21H27F2N5O2/c1-3-8-24-19(29)13-28-9-6-15(7-10-28)25-21(30)17-12-27(2)26-20(17)16-5-4-14(22)11-18(16)23/h4-5,11-12,15H,3,6-10,13H2,1-2H3,(H,24,29)(H,25,30). The van der Waals surface area contributed by atoms with Crippen molar-refractivity contribution in [2.45, 2.75) is 32.2 Å². The first-order valence-corrected chi connectivity index (χ1v) is 10.2. The van der Waals surface area contributed by atoms with E-state index >= 15 is 0 Å². The summed E-state index contributed by atoms with van der Waals surface area (Å²) in [4.78, 5) is 26.8. The monoisotopic (exact) mass is 419 g/mol. The summed E-state index contributed by atoms with van der Waals surface area (Å²) >= 11 is 0. The van der Waals surface area contributed by atoms with E-state index in [0.29, 0.717) is 39.0 Å². The number of amides is 2. The van der Waals surface area contributed by atoms with Crippen molar-refractivity contribution in [3.8, 4) is 11.3 Å². The largest absolute Gasteiger partial charge is 0.355 e. The van der Waals surface area contributed by atoms with Gasteiger partial charge in [-0.1, -0.05) is 6.92 Å². The Hall–Kier alpha value is -2.81. The number of carbonyl (C=O) groups is 2. The van der Waals surface area contributed by atoms with Gasteiger partial charge in [-0.2, -0.15) is 5.10 Å². The van der Waals surface area contributed by atoms with Crippen molar-refractivity contribution < 1.29 is 18.4 Å². The van der Waals surface area contributed by atoms with Crippen LogP contribution in [0.25, 0.3) is 11.3 Å². The van der Waals surface area contributed by atoms with Gasteiger partial charge in [-0.15, -0.1) is 0 Å². The van der Waals surface area contributed by atoms with Gasteiger partial charge in [0.25, 0.3) is 5.91 Å². The van der Waals surface area contributed by atoms with Gasteiger partial charge in [0.15, 0.2) is 0 Å². The minimum absolute atomic E-state index is 0.0145. The lowest BCUT2D eigenvalue weighted by atomic mass is 10.0. The molecule has 2 heterocycles. The Labute approximate surface area is 174 Å². The van der Waals surface area contributed by atoms with Crippen LogP contribution in [-0.4, -0.2) is 58.7 Å². The number of aryl methyl sites for hydroxylation is 1. The summed E-state index contributed by atoms with van der Waals surface area (Å²) in [5.41, 5.74) is 0.497. The Bertz CT molecular complexity index is 907. The number of piperidine rings is 1. The summed E-state index contributed by atoms with van der Waals surface area (Å²) in [6.45, 7) is 4.45. The Morgan fingerprint density at radius 1 is 1.23 bits per heavy atom. The molecule has 9 heteroatoms. The molecule has 1 fully saturated rings. The van der Waals surface area contributed by atoms with Crippen LogP contribution in [0.15, 0.2) is 24.4 Å². The second kappa shape index (κ2) is 9.80. The first-order valence-electron chi connectivity index (χ1n) is 10.2. The topological polar surface area (TPSA) is 79.3 Å². The first-order chi connectivity index (χ1) is 14.4. The third-order valence-corrected chi connectivity index (χ3v) is 5.12. The summed E-state index contributed by atoms with van der Waals surface area (Å²) in [6.07, 6.45) is 3.86. The minimum atomic E-state index is -0.766. The molecule has 0 bridgehead atoms. The normalized spacial score (nSPS) is 15.2. The molecule has 1 aromatic heterocycles. The fraction of sp³-hybridized carbons (Fsp3) is 0.476. The zero-order valence-electron chi connectivity index (χ0n) is 17.3. The number of nitrogens with one attached hydrogen (secondary N) is 2. The molecule has 3 rings (SSSR count). The maximum atomic E-state index is 14.2. The van der Waals surface area contributed by atoms with E-state index in [9.17, 15) is 18.4 Å². The number of rotatable bonds is 7. The van der Waals surface area contributed by atoms with E-state index in [-0.39, 0.29) is 34.7 Å². The van der Waals surface area contributed by atoms with Crippen LogP contribution in [0.5, 0.6) is 0 Å². The highest BCUT2D eigenvalue weighted by Gasteiger charge is 2.25. The number of halogens is 2. The molecule has 1 saturated heterocycles. The van der Waals surface area contributed by atoms with E-state index in [0.717, 1.165) is 18.6 Å². The SMILES string of the molecule is CCCNC(=O)CN1CCC(NC(=O)c2cn(C)nc2-c2ccc(F)cc2F)CC1. The van der Waals surface area contributed by atoms with Gasteiger partial charge in [0.1, 0.15) is 17.3 Å². The second-order valence-corrected chi connectivity index (χ2v) is 7.56. The van der Waals surface area contributed by atoms with Gasteiger partial charge in [-0.3, -0.25) is 19.2 Å². The first kappa shape index (κ1) is 21.9. The molecular formula is C21H27F2N5O2. The lowest BCUT2D eigenvalue weighted by molar-refractivity contribution is -0.122. The van der Waals surface area contributed by atoms with E-state index in [1.54, 1.807) is 7.05 Å². The zero-order chi connectivity index (χ0) is 21.7. The van der Waals surface area contributed by atoms with Crippen molar-refractivity contribution in [1.29, 1.82) is 0 Å². The molecule has 0 radical (unpaired) electrons. The van der Waals surface area contributed by atoms with Crippen molar-refractivity contribution >= 4 is 11.8 Å². The quantitative estimate of drug-likeness (QED) is 0.720. The third-order valence-electron chi connectivity index (χ3n) is 5.12. The lowest BCUT2D eigenvalue weighted by Crippen LogP contribution is -2.47. The summed E-state index contributed by atoms with van der Waals surface area (Å²) < 4.78 is 28.9. The molecule has 1 aliphatic heterocycles. The minimum Gasteiger partial charge on any atom is -0.355 e. The van der Waals surface area contributed by atoms with Crippen molar-refractivity contribution in [3.63, 3.8) is 0 Å². The highest BCUT2D eigenvalue weighted by Crippen LogP contribution is 2.26. The van der Waals surface area contributed by atoms with Crippen LogP contribution >= 0.6 is 0 Å². The Kier molecular flexibility index (Phi) is 7.15. The fourth-order valence-corrected chi connectivity index (χ4v) is 3.56. The van der Waals surface area contributed by atoms with Crippen molar-refractivity contribution in [2.75, 3.05) is 26.2 Å². The van der Waals surface area contributed by atoms with Crippen molar-refractivity contribution in [2.24, 2.45) is 7.05 Å². The summed E-state index contributed by atoms with van der Waals surface area (Å²) in [5.74, 6) is -1.78. The Morgan fingerprint density at radius 2 is 1.97 bits per heavy atom. The second-order valence-electron chi connectivity index (χ2n) is 7.56.